The van der Waals surface area contributed by atoms with Crippen molar-refractivity contribution in [1.82, 2.24) is 19.5 Å². The van der Waals surface area contributed by atoms with Gasteiger partial charge in [0, 0.05) is 14.0 Å². The normalized spacial score (nSPS) is 10.8. The Bertz CT molecular complexity index is 1020. The van der Waals surface area contributed by atoms with E-state index < -0.39 is 5.97 Å². The van der Waals surface area contributed by atoms with Crippen LogP contribution in [0.4, 0.5) is 5.82 Å². The molecule has 3 rings (SSSR count). The molecule has 8 nitrogen and oxygen atoms in total. The summed E-state index contributed by atoms with van der Waals surface area (Å²) in [6.07, 6.45) is 0. The zero-order chi connectivity index (χ0) is 18.8. The Balaban J connectivity index is 2.15. The molecule has 1 N–H and O–H groups in total. The van der Waals surface area contributed by atoms with Crippen molar-refractivity contribution in [2.45, 2.75) is 13.5 Å². The highest BCUT2D eigenvalue weighted by atomic mass is 35.5. The number of methoxy groups -OCH3 is 1. The van der Waals surface area contributed by atoms with Gasteiger partial charge in [0.05, 0.1) is 19.2 Å². The highest BCUT2D eigenvalue weighted by Gasteiger charge is 2.20. The number of ketones is 1. The Morgan fingerprint density at radius 2 is 2.04 bits per heavy atom. The SMILES string of the molecule is CNc1nc(Cl)nc2c1nc(C(C)=O)n2Cc1cccc(C(=O)OC)c1. The summed E-state index contributed by atoms with van der Waals surface area (Å²) < 4.78 is 6.40. The number of nitrogens with one attached hydrogen (secondary N) is 1. The zero-order valence-corrected chi connectivity index (χ0v) is 15.2. The molecule has 3 aromatic rings. The van der Waals surface area contributed by atoms with Gasteiger partial charge in [-0.25, -0.2) is 9.78 Å². The number of anilines is 1. The van der Waals surface area contributed by atoms with Crippen LogP contribution in [0.2, 0.25) is 5.28 Å². The van der Waals surface area contributed by atoms with Crippen LogP contribution in [0.1, 0.15) is 33.5 Å². The molecule has 0 fully saturated rings. The average Bonchev–Trinajstić information content (AvgIpc) is 2.99. The number of carbonyl (C=O) groups excluding carboxylic acids is 2. The summed E-state index contributed by atoms with van der Waals surface area (Å²) in [6, 6.07) is 6.94. The number of nitrogens with zero attached hydrogens (tertiary/aromatic N) is 4. The number of hydrogen-bond acceptors (Lipinski definition) is 7. The van der Waals surface area contributed by atoms with Crippen LogP contribution in [0, 0.1) is 0 Å². The summed E-state index contributed by atoms with van der Waals surface area (Å²) >= 11 is 6.00. The molecule has 0 radical (unpaired) electrons. The maximum Gasteiger partial charge on any atom is 0.337 e. The number of hydrogen-bond donors (Lipinski definition) is 1. The smallest absolute Gasteiger partial charge is 0.337 e. The van der Waals surface area contributed by atoms with Crippen molar-refractivity contribution in [3.63, 3.8) is 0 Å². The molecule has 9 heteroatoms. The zero-order valence-electron chi connectivity index (χ0n) is 14.4. The molecule has 0 spiro atoms. The second kappa shape index (κ2) is 7.09. The maximum atomic E-state index is 12.1. The lowest BCUT2D eigenvalue weighted by Crippen LogP contribution is -2.10. The van der Waals surface area contributed by atoms with E-state index in [1.54, 1.807) is 29.8 Å². The molecule has 0 aliphatic rings. The lowest BCUT2D eigenvalue weighted by Gasteiger charge is -2.09. The molecule has 0 atom stereocenters. The van der Waals surface area contributed by atoms with Crippen molar-refractivity contribution in [1.29, 1.82) is 0 Å². The predicted molar refractivity (Wildman–Crippen MR) is 96.8 cm³/mol. The van der Waals surface area contributed by atoms with Gasteiger partial charge in [-0.15, -0.1) is 0 Å². The van der Waals surface area contributed by atoms with Crippen LogP contribution in [-0.2, 0) is 11.3 Å². The molecular weight excluding hydrogens is 358 g/mol. The molecule has 1 aromatic carbocycles. The van der Waals surface area contributed by atoms with Crippen molar-refractivity contribution in [2.24, 2.45) is 0 Å². The minimum absolute atomic E-state index is 0.0430. The first-order chi connectivity index (χ1) is 12.4. The molecule has 0 saturated heterocycles. The Kier molecular flexibility index (Phi) is 4.85. The molecule has 26 heavy (non-hydrogen) atoms. The second-order valence-electron chi connectivity index (χ2n) is 5.53. The Hall–Kier alpha value is -3.00. The van der Waals surface area contributed by atoms with Gasteiger partial charge in [0.25, 0.3) is 0 Å². The van der Waals surface area contributed by atoms with Crippen molar-refractivity contribution in [3.05, 3.63) is 46.5 Å². The van der Waals surface area contributed by atoms with Gasteiger partial charge in [0.2, 0.25) is 5.28 Å². The van der Waals surface area contributed by atoms with Gasteiger partial charge in [-0.1, -0.05) is 12.1 Å². The van der Waals surface area contributed by atoms with E-state index in [2.05, 4.69) is 20.3 Å². The van der Waals surface area contributed by atoms with E-state index in [4.69, 9.17) is 16.3 Å². The molecule has 134 valence electrons. The first kappa shape index (κ1) is 17.8. The van der Waals surface area contributed by atoms with Crippen LogP contribution in [0.5, 0.6) is 0 Å². The van der Waals surface area contributed by atoms with Crippen molar-refractivity contribution < 1.29 is 14.3 Å². The van der Waals surface area contributed by atoms with Crippen LogP contribution in [0.15, 0.2) is 24.3 Å². The fourth-order valence-corrected chi connectivity index (χ4v) is 2.83. The first-order valence-corrected chi connectivity index (χ1v) is 8.12. The fraction of sp³-hybridized carbons (Fsp3) is 0.235. The quantitative estimate of drug-likeness (QED) is 0.417. The van der Waals surface area contributed by atoms with Gasteiger partial charge in [-0.3, -0.25) is 4.79 Å². The van der Waals surface area contributed by atoms with E-state index in [9.17, 15) is 9.59 Å². The van der Waals surface area contributed by atoms with E-state index in [1.807, 2.05) is 6.07 Å². The monoisotopic (exact) mass is 373 g/mol. The van der Waals surface area contributed by atoms with Crippen LogP contribution >= 0.6 is 11.6 Å². The van der Waals surface area contributed by atoms with E-state index in [-0.39, 0.29) is 23.4 Å². The number of imidazole rings is 1. The van der Waals surface area contributed by atoms with Crippen molar-refractivity contribution >= 4 is 40.3 Å². The van der Waals surface area contributed by atoms with Crippen molar-refractivity contribution in [3.8, 4) is 0 Å². The number of Topliss-reactive ketones (excluding diaryl/α,β-unsaturated/α-hetero) is 1. The average molecular weight is 374 g/mol. The number of rotatable bonds is 5. The number of halogens is 1. The summed E-state index contributed by atoms with van der Waals surface area (Å²) in [4.78, 5) is 36.5. The van der Waals surface area contributed by atoms with Gasteiger partial charge in [0.15, 0.2) is 28.6 Å². The van der Waals surface area contributed by atoms with Crippen LogP contribution in [-0.4, -0.2) is 45.4 Å². The topological polar surface area (TPSA) is 99.0 Å². The summed E-state index contributed by atoms with van der Waals surface area (Å²) in [5.41, 5.74) is 2.09. The first-order valence-electron chi connectivity index (χ1n) is 7.74. The molecule has 0 amide bonds. The molecule has 0 aliphatic carbocycles. The predicted octanol–water partition coefficient (Wildman–Crippen LogP) is 2.56. The Morgan fingerprint density at radius 3 is 2.69 bits per heavy atom. The third-order valence-corrected chi connectivity index (χ3v) is 3.98. The van der Waals surface area contributed by atoms with Crippen LogP contribution in [0.3, 0.4) is 0 Å². The lowest BCUT2D eigenvalue weighted by molar-refractivity contribution is 0.0600. The summed E-state index contributed by atoms with van der Waals surface area (Å²) in [5, 5.41) is 2.94. The number of aromatic nitrogens is 4. The van der Waals surface area contributed by atoms with Crippen LogP contribution in [0.25, 0.3) is 11.2 Å². The van der Waals surface area contributed by atoms with Gasteiger partial charge < -0.3 is 14.6 Å². The molecular formula is C17H16ClN5O3. The highest BCUT2D eigenvalue weighted by molar-refractivity contribution is 6.28. The summed E-state index contributed by atoms with van der Waals surface area (Å²) in [5.74, 6) is 0.0170. The molecule has 2 aromatic heterocycles. The number of fused-ring (bicyclic) bond motifs is 1. The largest absolute Gasteiger partial charge is 0.465 e. The number of benzene rings is 1. The van der Waals surface area contributed by atoms with E-state index in [0.29, 0.717) is 22.5 Å². The molecule has 2 heterocycles. The molecule has 0 unspecified atom stereocenters. The van der Waals surface area contributed by atoms with Crippen LogP contribution < -0.4 is 5.32 Å². The van der Waals surface area contributed by atoms with Gasteiger partial charge in [0.1, 0.15) is 0 Å². The second-order valence-corrected chi connectivity index (χ2v) is 5.87. The Morgan fingerprint density at radius 1 is 1.27 bits per heavy atom. The lowest BCUT2D eigenvalue weighted by atomic mass is 10.1. The van der Waals surface area contributed by atoms with E-state index in [0.717, 1.165) is 5.56 Å². The number of ether oxygens (including phenoxy) is 1. The van der Waals surface area contributed by atoms with Gasteiger partial charge in [-0.05, 0) is 29.3 Å². The summed E-state index contributed by atoms with van der Waals surface area (Å²) in [6.45, 7) is 1.71. The fourth-order valence-electron chi connectivity index (χ4n) is 2.66. The minimum atomic E-state index is -0.433. The van der Waals surface area contributed by atoms with E-state index in [1.165, 1.54) is 14.0 Å². The number of esters is 1. The molecule has 0 aliphatic heterocycles. The highest BCUT2D eigenvalue weighted by Crippen LogP contribution is 2.24. The molecule has 0 saturated carbocycles. The third kappa shape index (κ3) is 3.23. The van der Waals surface area contributed by atoms with Gasteiger partial charge >= 0.3 is 5.97 Å². The van der Waals surface area contributed by atoms with Gasteiger partial charge in [-0.2, -0.15) is 9.97 Å². The number of carbonyl (C=O) groups is 2. The standard InChI is InChI=1S/C17H16ClN5O3/c1-9(24)14-20-12-13(19-2)21-17(18)22-15(12)23(14)8-10-5-4-6-11(7-10)16(25)26-3/h4-7H,8H2,1-3H3,(H,19,21,22). The Labute approximate surface area is 154 Å². The molecule has 0 bridgehead atoms. The summed E-state index contributed by atoms with van der Waals surface area (Å²) in [7, 11) is 3.01. The maximum absolute atomic E-state index is 12.1. The minimum Gasteiger partial charge on any atom is -0.465 e. The third-order valence-electron chi connectivity index (χ3n) is 3.81. The van der Waals surface area contributed by atoms with Crippen molar-refractivity contribution in [2.75, 3.05) is 19.5 Å². The van der Waals surface area contributed by atoms with E-state index >= 15 is 0 Å².